The fraction of sp³-hybridized carbons (Fsp3) is 1.00. The van der Waals surface area contributed by atoms with E-state index in [1.807, 2.05) is 13.8 Å². The zero-order chi connectivity index (χ0) is 9.98. The normalized spacial score (nSPS) is 12.2. The van der Waals surface area contributed by atoms with Gasteiger partial charge in [0.05, 0.1) is 0 Å². The summed E-state index contributed by atoms with van der Waals surface area (Å²) in [5.41, 5.74) is 0. The van der Waals surface area contributed by atoms with Gasteiger partial charge in [-0.2, -0.15) is 0 Å². The van der Waals surface area contributed by atoms with Gasteiger partial charge >= 0.3 is 0 Å². The van der Waals surface area contributed by atoms with Crippen molar-refractivity contribution in [1.82, 2.24) is 0 Å². The summed E-state index contributed by atoms with van der Waals surface area (Å²) < 4.78 is 0. The van der Waals surface area contributed by atoms with Crippen molar-refractivity contribution in [3.05, 3.63) is 0 Å². The summed E-state index contributed by atoms with van der Waals surface area (Å²) >= 11 is 0. The van der Waals surface area contributed by atoms with Crippen molar-refractivity contribution in [3.8, 4) is 0 Å². The molecule has 0 aliphatic carbocycles. The lowest BCUT2D eigenvalue weighted by atomic mass is 9.92. The molecule has 76 valence electrons. The molecule has 1 atom stereocenters. The van der Waals surface area contributed by atoms with Crippen LogP contribution in [0, 0.1) is 11.8 Å². The Bertz CT molecular complexity index is 64.4. The Hall–Kier alpha value is 0. The van der Waals surface area contributed by atoms with Gasteiger partial charge in [-0.05, 0) is 11.8 Å². The van der Waals surface area contributed by atoms with E-state index in [2.05, 4.69) is 27.7 Å². The van der Waals surface area contributed by atoms with Crippen LogP contribution in [0.15, 0.2) is 0 Å². The third kappa shape index (κ3) is 10.0. The molecule has 0 saturated heterocycles. The van der Waals surface area contributed by atoms with Crippen LogP contribution in [0.3, 0.4) is 0 Å². The summed E-state index contributed by atoms with van der Waals surface area (Å²) in [6.07, 6.45) is 5.61. The molecule has 0 aromatic rings. The first-order valence-electron chi connectivity index (χ1n) is 5.68. The van der Waals surface area contributed by atoms with Gasteiger partial charge in [0.2, 0.25) is 0 Å². The van der Waals surface area contributed by atoms with Gasteiger partial charge < -0.3 is 0 Å². The second kappa shape index (κ2) is 11.0. The molecule has 0 saturated carbocycles. The van der Waals surface area contributed by atoms with Gasteiger partial charge in [-0.1, -0.05) is 67.2 Å². The van der Waals surface area contributed by atoms with E-state index in [1.54, 1.807) is 0 Å². The number of hydrogen-bond donors (Lipinski definition) is 0. The second-order valence-electron chi connectivity index (χ2n) is 3.72. The van der Waals surface area contributed by atoms with Gasteiger partial charge in [0, 0.05) is 0 Å². The predicted molar refractivity (Wildman–Crippen MR) is 59.5 cm³/mol. The lowest BCUT2D eigenvalue weighted by Gasteiger charge is -2.14. The zero-order valence-corrected chi connectivity index (χ0v) is 9.98. The maximum absolute atomic E-state index is 2.36. The van der Waals surface area contributed by atoms with Gasteiger partial charge in [-0.15, -0.1) is 0 Å². The lowest BCUT2D eigenvalue weighted by Crippen LogP contribution is -2.02. The lowest BCUT2D eigenvalue weighted by molar-refractivity contribution is 0.377. The molecule has 0 aliphatic heterocycles. The van der Waals surface area contributed by atoms with Crippen LogP contribution < -0.4 is 0 Å². The Labute approximate surface area is 79.8 Å². The van der Waals surface area contributed by atoms with E-state index in [0.717, 1.165) is 11.8 Å². The number of hydrogen-bond acceptors (Lipinski definition) is 0. The van der Waals surface area contributed by atoms with E-state index in [-0.39, 0.29) is 0 Å². The van der Waals surface area contributed by atoms with Crippen LogP contribution in [0.1, 0.15) is 67.2 Å². The molecule has 0 aromatic heterocycles. The van der Waals surface area contributed by atoms with E-state index >= 15 is 0 Å². The van der Waals surface area contributed by atoms with E-state index in [4.69, 9.17) is 0 Å². The minimum absolute atomic E-state index is 0.872. The van der Waals surface area contributed by atoms with Gasteiger partial charge in [0.1, 0.15) is 0 Å². The van der Waals surface area contributed by atoms with Crippen LogP contribution in [0.2, 0.25) is 0 Å². The standard InChI is InChI=1S/C10H22.C2H6/c1-5-6-7-8-10(4)9(2)3;1-2/h9-10H,5-8H2,1-4H3;1-2H3. The minimum Gasteiger partial charge on any atom is -0.0683 e. The molecule has 0 rings (SSSR count). The quantitative estimate of drug-likeness (QED) is 0.518. The zero-order valence-electron chi connectivity index (χ0n) is 9.98. The fourth-order valence-electron chi connectivity index (χ4n) is 1.05. The smallest absolute Gasteiger partial charge is 0.0420 e. The second-order valence-corrected chi connectivity index (χ2v) is 3.72. The molecule has 0 amide bonds. The molecular formula is C12H28. The minimum atomic E-state index is 0.872. The predicted octanol–water partition coefficient (Wildman–Crippen LogP) is 4.89. The van der Waals surface area contributed by atoms with Crippen molar-refractivity contribution in [3.63, 3.8) is 0 Å². The van der Waals surface area contributed by atoms with E-state index in [1.165, 1.54) is 25.7 Å². The number of unbranched alkanes of at least 4 members (excludes halogenated alkanes) is 2. The van der Waals surface area contributed by atoms with Crippen LogP contribution in [-0.4, -0.2) is 0 Å². The molecule has 0 bridgehead atoms. The molecule has 0 fully saturated rings. The molecule has 0 heterocycles. The first kappa shape index (κ1) is 14.5. The van der Waals surface area contributed by atoms with E-state index in [0.29, 0.717) is 0 Å². The summed E-state index contributed by atoms with van der Waals surface area (Å²) in [7, 11) is 0. The van der Waals surface area contributed by atoms with Gasteiger partial charge in [-0.25, -0.2) is 0 Å². The van der Waals surface area contributed by atoms with Crippen molar-refractivity contribution < 1.29 is 0 Å². The molecule has 1 unspecified atom stereocenters. The molecule has 12 heavy (non-hydrogen) atoms. The van der Waals surface area contributed by atoms with Crippen molar-refractivity contribution in [1.29, 1.82) is 0 Å². The van der Waals surface area contributed by atoms with Crippen molar-refractivity contribution >= 4 is 0 Å². The van der Waals surface area contributed by atoms with Crippen LogP contribution >= 0.6 is 0 Å². The average molecular weight is 172 g/mol. The highest BCUT2D eigenvalue weighted by Gasteiger charge is 2.04. The highest BCUT2D eigenvalue weighted by atomic mass is 14.1. The van der Waals surface area contributed by atoms with Crippen LogP contribution in [-0.2, 0) is 0 Å². The molecule has 0 radical (unpaired) electrons. The SMILES string of the molecule is CC.CCCCCC(C)C(C)C. The van der Waals surface area contributed by atoms with Crippen molar-refractivity contribution in [2.45, 2.75) is 67.2 Å². The largest absolute Gasteiger partial charge is 0.0683 e. The molecule has 0 spiro atoms. The average Bonchev–Trinajstić information content (AvgIpc) is 2.08. The van der Waals surface area contributed by atoms with Crippen LogP contribution in [0.5, 0.6) is 0 Å². The molecule has 0 nitrogen and oxygen atoms in total. The van der Waals surface area contributed by atoms with E-state index in [9.17, 15) is 0 Å². The molecule has 0 N–H and O–H groups in total. The molecular weight excluding hydrogens is 144 g/mol. The molecule has 0 aliphatic rings. The maximum atomic E-state index is 2.36. The Balaban J connectivity index is 0. The topological polar surface area (TPSA) is 0 Å². The summed E-state index contributed by atoms with van der Waals surface area (Å²) in [6, 6.07) is 0. The summed E-state index contributed by atoms with van der Waals surface area (Å²) in [5, 5.41) is 0. The Morgan fingerprint density at radius 1 is 0.917 bits per heavy atom. The first-order chi connectivity index (χ1) is 5.68. The summed E-state index contributed by atoms with van der Waals surface area (Å²) in [4.78, 5) is 0. The Morgan fingerprint density at radius 3 is 1.75 bits per heavy atom. The third-order valence-electron chi connectivity index (χ3n) is 2.40. The van der Waals surface area contributed by atoms with Crippen LogP contribution in [0.4, 0.5) is 0 Å². The van der Waals surface area contributed by atoms with Gasteiger partial charge in [-0.3, -0.25) is 0 Å². The monoisotopic (exact) mass is 172 g/mol. The number of rotatable bonds is 5. The summed E-state index contributed by atoms with van der Waals surface area (Å²) in [6.45, 7) is 13.3. The first-order valence-corrected chi connectivity index (χ1v) is 5.68. The van der Waals surface area contributed by atoms with Gasteiger partial charge in [0.15, 0.2) is 0 Å². The third-order valence-corrected chi connectivity index (χ3v) is 2.40. The van der Waals surface area contributed by atoms with Crippen molar-refractivity contribution in [2.75, 3.05) is 0 Å². The van der Waals surface area contributed by atoms with Gasteiger partial charge in [0.25, 0.3) is 0 Å². The molecule has 0 heteroatoms. The highest BCUT2D eigenvalue weighted by Crippen LogP contribution is 2.17. The summed E-state index contributed by atoms with van der Waals surface area (Å²) in [5.74, 6) is 1.79. The molecule has 0 aromatic carbocycles. The van der Waals surface area contributed by atoms with Crippen LogP contribution in [0.25, 0.3) is 0 Å². The highest BCUT2D eigenvalue weighted by molar-refractivity contribution is 4.56. The maximum Gasteiger partial charge on any atom is -0.0420 e. The Morgan fingerprint density at radius 2 is 1.42 bits per heavy atom. The van der Waals surface area contributed by atoms with Crippen molar-refractivity contribution in [2.24, 2.45) is 11.8 Å². The Kier molecular flexibility index (Phi) is 13.3. The van der Waals surface area contributed by atoms with E-state index < -0.39 is 0 Å². The fourth-order valence-corrected chi connectivity index (χ4v) is 1.05.